The molecule has 0 spiro atoms. The average Bonchev–Trinajstić information content (AvgIpc) is 2.54. The Labute approximate surface area is 153 Å². The number of nitrogens with zero attached hydrogens (tertiary/aromatic N) is 2. The van der Waals surface area contributed by atoms with E-state index in [1.54, 1.807) is 13.2 Å². The van der Waals surface area contributed by atoms with E-state index in [2.05, 4.69) is 21.2 Å². The van der Waals surface area contributed by atoms with Gasteiger partial charge >= 0.3 is 6.09 Å². The number of rotatable bonds is 5. The van der Waals surface area contributed by atoms with Crippen LogP contribution >= 0.6 is 15.9 Å². The lowest BCUT2D eigenvalue weighted by Gasteiger charge is -2.30. The average molecular weight is 416 g/mol. The molecule has 2 rings (SSSR count). The van der Waals surface area contributed by atoms with E-state index in [0.29, 0.717) is 5.75 Å². The maximum Gasteiger partial charge on any atom is 0.407 e. The number of aromatic nitrogens is 1. The molecule has 138 valence electrons. The molecule has 1 saturated carbocycles. The first-order chi connectivity index (χ1) is 11.8. The normalized spacial score (nSPS) is 20.0. The standard InChI is InChI=1S/C16H22BrN3O5/c1-19-8-12(17)13(7-15(19)22)25-11-5-3-10(4-6-11)18-14(21)9-20(2)16(23)24/h7-8,10-11H,3-6,9H2,1-2H3,(H,18,21)(H,23,24)/t10-,11-. The van der Waals surface area contributed by atoms with Gasteiger partial charge in [0.25, 0.3) is 5.56 Å². The van der Waals surface area contributed by atoms with Gasteiger partial charge in [-0.2, -0.15) is 0 Å². The van der Waals surface area contributed by atoms with Gasteiger partial charge in [0.2, 0.25) is 5.91 Å². The van der Waals surface area contributed by atoms with E-state index < -0.39 is 6.09 Å². The lowest BCUT2D eigenvalue weighted by Crippen LogP contribution is -2.44. The van der Waals surface area contributed by atoms with Crippen molar-refractivity contribution in [2.75, 3.05) is 13.6 Å². The fraction of sp³-hybridized carbons (Fsp3) is 0.562. The number of carbonyl (C=O) groups is 2. The van der Waals surface area contributed by atoms with Gasteiger partial charge < -0.3 is 24.6 Å². The van der Waals surface area contributed by atoms with Crippen LogP contribution in [0.1, 0.15) is 25.7 Å². The highest BCUT2D eigenvalue weighted by Gasteiger charge is 2.25. The van der Waals surface area contributed by atoms with E-state index in [-0.39, 0.29) is 30.2 Å². The third-order valence-corrected chi connectivity index (χ3v) is 4.78. The third-order valence-electron chi connectivity index (χ3n) is 4.18. The number of halogens is 1. The first-order valence-corrected chi connectivity index (χ1v) is 8.82. The summed E-state index contributed by atoms with van der Waals surface area (Å²) >= 11 is 3.39. The Balaban J connectivity index is 1.82. The summed E-state index contributed by atoms with van der Waals surface area (Å²) in [5.74, 6) is 0.224. The molecule has 0 radical (unpaired) electrons. The number of carboxylic acid groups (broad SMARTS) is 1. The number of amides is 2. The molecule has 1 heterocycles. The van der Waals surface area contributed by atoms with Gasteiger partial charge in [0.05, 0.1) is 10.6 Å². The van der Waals surface area contributed by atoms with E-state index in [1.165, 1.54) is 17.7 Å². The van der Waals surface area contributed by atoms with Crippen molar-refractivity contribution in [2.24, 2.45) is 7.05 Å². The minimum absolute atomic E-state index is 0.0154. The molecule has 0 bridgehead atoms. The summed E-state index contributed by atoms with van der Waals surface area (Å²) in [6.45, 7) is -0.175. The first kappa shape index (κ1) is 19.3. The number of hydrogen-bond acceptors (Lipinski definition) is 4. The molecule has 1 aliphatic rings. The van der Waals surface area contributed by atoms with Crippen LogP contribution in [0.4, 0.5) is 4.79 Å². The molecule has 1 aromatic rings. The molecule has 9 heteroatoms. The van der Waals surface area contributed by atoms with E-state index in [9.17, 15) is 14.4 Å². The molecule has 1 fully saturated rings. The largest absolute Gasteiger partial charge is 0.489 e. The fourth-order valence-electron chi connectivity index (χ4n) is 2.73. The molecule has 25 heavy (non-hydrogen) atoms. The van der Waals surface area contributed by atoms with Crippen LogP contribution in [-0.4, -0.2) is 52.3 Å². The Morgan fingerprint density at radius 2 is 2.04 bits per heavy atom. The number of aryl methyl sites for hydroxylation is 1. The number of nitrogens with one attached hydrogen (secondary N) is 1. The van der Waals surface area contributed by atoms with Gasteiger partial charge in [0.15, 0.2) is 0 Å². The molecular formula is C16H22BrN3O5. The Hall–Kier alpha value is -2.03. The van der Waals surface area contributed by atoms with E-state index in [4.69, 9.17) is 9.84 Å². The van der Waals surface area contributed by atoms with Gasteiger partial charge in [-0.3, -0.25) is 9.59 Å². The van der Waals surface area contributed by atoms with Crippen LogP contribution in [0, 0.1) is 0 Å². The lowest BCUT2D eigenvalue weighted by molar-refractivity contribution is -0.122. The zero-order valence-corrected chi connectivity index (χ0v) is 15.8. The number of likely N-dealkylation sites (N-methyl/N-ethyl adjacent to an activating group) is 1. The van der Waals surface area contributed by atoms with Crippen molar-refractivity contribution in [3.8, 4) is 5.75 Å². The van der Waals surface area contributed by atoms with Gasteiger partial charge in [-0.15, -0.1) is 0 Å². The predicted molar refractivity (Wildman–Crippen MR) is 94.9 cm³/mol. The van der Waals surface area contributed by atoms with Gasteiger partial charge in [-0.25, -0.2) is 4.79 Å². The van der Waals surface area contributed by atoms with Gasteiger partial charge in [0.1, 0.15) is 12.3 Å². The van der Waals surface area contributed by atoms with Crippen LogP contribution in [0.5, 0.6) is 5.75 Å². The Morgan fingerprint density at radius 1 is 1.40 bits per heavy atom. The predicted octanol–water partition coefficient (Wildman–Crippen LogP) is 1.56. The molecule has 2 N–H and O–H groups in total. The zero-order valence-electron chi connectivity index (χ0n) is 14.2. The molecule has 0 aliphatic heterocycles. The second-order valence-electron chi connectivity index (χ2n) is 6.23. The SMILES string of the molecule is CN(CC(=O)N[C@H]1CC[C@H](Oc2cc(=O)n(C)cc2Br)CC1)C(=O)O. The molecule has 0 aromatic carbocycles. The molecular weight excluding hydrogens is 394 g/mol. The molecule has 0 unspecified atom stereocenters. The van der Waals surface area contributed by atoms with Crippen molar-refractivity contribution in [2.45, 2.75) is 37.8 Å². The highest BCUT2D eigenvalue weighted by Crippen LogP contribution is 2.28. The first-order valence-electron chi connectivity index (χ1n) is 8.02. The summed E-state index contributed by atoms with van der Waals surface area (Å²) in [5, 5.41) is 11.6. The summed E-state index contributed by atoms with van der Waals surface area (Å²) in [6, 6.07) is 1.47. The number of carbonyl (C=O) groups excluding carboxylic acids is 1. The molecule has 0 saturated heterocycles. The minimum Gasteiger partial charge on any atom is -0.489 e. The Bertz CT molecular complexity index is 698. The Kier molecular flexibility index (Phi) is 6.46. The maximum absolute atomic E-state index is 11.8. The summed E-state index contributed by atoms with van der Waals surface area (Å²) in [4.78, 5) is 35.2. The highest BCUT2D eigenvalue weighted by atomic mass is 79.9. The summed E-state index contributed by atoms with van der Waals surface area (Å²) < 4.78 is 8.11. The summed E-state index contributed by atoms with van der Waals surface area (Å²) in [6.07, 6.45) is 3.52. The van der Waals surface area contributed by atoms with E-state index >= 15 is 0 Å². The Morgan fingerprint density at radius 3 is 2.64 bits per heavy atom. The smallest absolute Gasteiger partial charge is 0.407 e. The van der Waals surface area contributed by atoms with E-state index in [1.807, 2.05) is 0 Å². The van der Waals surface area contributed by atoms with Crippen molar-refractivity contribution in [3.05, 3.63) is 27.1 Å². The van der Waals surface area contributed by atoms with Crippen molar-refractivity contribution < 1.29 is 19.4 Å². The molecule has 0 atom stereocenters. The van der Waals surface area contributed by atoms with Crippen LogP contribution in [0.2, 0.25) is 0 Å². The van der Waals surface area contributed by atoms with Crippen molar-refractivity contribution >= 4 is 27.9 Å². The fourth-order valence-corrected chi connectivity index (χ4v) is 3.25. The highest BCUT2D eigenvalue weighted by molar-refractivity contribution is 9.10. The van der Waals surface area contributed by atoms with Crippen LogP contribution in [0.3, 0.4) is 0 Å². The van der Waals surface area contributed by atoms with Crippen molar-refractivity contribution in [3.63, 3.8) is 0 Å². The van der Waals surface area contributed by atoms with Crippen LogP contribution in [0.15, 0.2) is 21.5 Å². The van der Waals surface area contributed by atoms with Gasteiger partial charge in [-0.05, 0) is 41.6 Å². The van der Waals surface area contributed by atoms with Crippen LogP contribution in [0.25, 0.3) is 0 Å². The van der Waals surface area contributed by atoms with Crippen LogP contribution in [-0.2, 0) is 11.8 Å². The molecule has 2 amide bonds. The number of pyridine rings is 1. The molecule has 8 nitrogen and oxygen atoms in total. The van der Waals surface area contributed by atoms with Crippen molar-refractivity contribution in [1.29, 1.82) is 0 Å². The van der Waals surface area contributed by atoms with E-state index in [0.717, 1.165) is 35.1 Å². The minimum atomic E-state index is -1.13. The topological polar surface area (TPSA) is 101 Å². The summed E-state index contributed by atoms with van der Waals surface area (Å²) in [5.41, 5.74) is -0.137. The lowest BCUT2D eigenvalue weighted by atomic mass is 9.93. The molecule has 1 aromatic heterocycles. The van der Waals surface area contributed by atoms with Gasteiger partial charge in [-0.1, -0.05) is 0 Å². The number of ether oxygens (including phenoxy) is 1. The number of hydrogen-bond donors (Lipinski definition) is 2. The zero-order chi connectivity index (χ0) is 18.6. The third kappa shape index (κ3) is 5.48. The summed E-state index contributed by atoms with van der Waals surface area (Å²) in [7, 11) is 3.03. The van der Waals surface area contributed by atoms with Gasteiger partial charge in [0, 0.05) is 32.4 Å². The second kappa shape index (κ2) is 8.37. The second-order valence-corrected chi connectivity index (χ2v) is 7.09. The monoisotopic (exact) mass is 415 g/mol. The van der Waals surface area contributed by atoms with Crippen LogP contribution < -0.4 is 15.6 Å². The van der Waals surface area contributed by atoms with Crippen molar-refractivity contribution in [1.82, 2.24) is 14.8 Å². The quantitative estimate of drug-likeness (QED) is 0.759. The maximum atomic E-state index is 11.8. The molecule has 1 aliphatic carbocycles.